The lowest BCUT2D eigenvalue weighted by atomic mass is 9.94. The molecule has 0 saturated heterocycles. The summed E-state index contributed by atoms with van der Waals surface area (Å²) >= 11 is 0. The first-order valence-electron chi connectivity index (χ1n) is 6.60. The molecule has 1 unspecified atom stereocenters. The predicted molar refractivity (Wildman–Crippen MR) is 79.6 cm³/mol. The molecular formula is C17H20FNO. The van der Waals surface area contributed by atoms with Crippen molar-refractivity contribution in [1.82, 2.24) is 0 Å². The van der Waals surface area contributed by atoms with E-state index < -0.39 is 6.04 Å². The van der Waals surface area contributed by atoms with Gasteiger partial charge in [0, 0.05) is 5.56 Å². The Kier molecular flexibility index (Phi) is 4.09. The largest absolute Gasteiger partial charge is 0.496 e. The molecule has 0 fully saturated rings. The topological polar surface area (TPSA) is 35.2 Å². The van der Waals surface area contributed by atoms with Gasteiger partial charge in [0.15, 0.2) is 0 Å². The summed E-state index contributed by atoms with van der Waals surface area (Å²) in [7, 11) is 1.63. The first-order valence-corrected chi connectivity index (χ1v) is 6.60. The van der Waals surface area contributed by atoms with Crippen LogP contribution in [0.5, 0.6) is 5.75 Å². The van der Waals surface area contributed by atoms with E-state index in [0.29, 0.717) is 0 Å². The van der Waals surface area contributed by atoms with Crippen LogP contribution in [-0.4, -0.2) is 7.11 Å². The monoisotopic (exact) mass is 273 g/mol. The molecule has 0 aliphatic carbocycles. The second-order valence-corrected chi connectivity index (χ2v) is 5.17. The van der Waals surface area contributed by atoms with Crippen LogP contribution in [-0.2, 0) is 0 Å². The van der Waals surface area contributed by atoms with E-state index in [1.165, 1.54) is 12.1 Å². The number of ether oxygens (including phenoxy) is 1. The highest BCUT2D eigenvalue weighted by molar-refractivity contribution is 5.49. The highest BCUT2D eigenvalue weighted by Crippen LogP contribution is 2.33. The zero-order valence-corrected chi connectivity index (χ0v) is 12.3. The number of nitrogens with two attached hydrogens (primary N) is 1. The molecule has 2 aromatic rings. The van der Waals surface area contributed by atoms with E-state index in [4.69, 9.17) is 10.5 Å². The molecule has 0 bridgehead atoms. The fourth-order valence-electron chi connectivity index (χ4n) is 2.45. The van der Waals surface area contributed by atoms with Crippen molar-refractivity contribution in [3.8, 4) is 5.75 Å². The third-order valence-electron chi connectivity index (χ3n) is 3.67. The van der Waals surface area contributed by atoms with Crippen LogP contribution in [0.25, 0.3) is 0 Å². The van der Waals surface area contributed by atoms with Crippen molar-refractivity contribution in [2.24, 2.45) is 5.73 Å². The number of hydrogen-bond donors (Lipinski definition) is 1. The third kappa shape index (κ3) is 2.68. The molecule has 2 N–H and O–H groups in total. The summed E-state index contributed by atoms with van der Waals surface area (Å²) < 4.78 is 19.0. The Labute approximate surface area is 119 Å². The SMILES string of the molecule is COc1c(C(N)c2cc(C)cc(F)c2)ccc(C)c1C. The zero-order valence-electron chi connectivity index (χ0n) is 12.3. The van der Waals surface area contributed by atoms with E-state index in [-0.39, 0.29) is 5.82 Å². The van der Waals surface area contributed by atoms with Crippen molar-refractivity contribution in [1.29, 1.82) is 0 Å². The second kappa shape index (κ2) is 5.63. The zero-order chi connectivity index (χ0) is 14.9. The highest BCUT2D eigenvalue weighted by Gasteiger charge is 2.17. The first kappa shape index (κ1) is 14.5. The highest BCUT2D eigenvalue weighted by atomic mass is 19.1. The Morgan fingerprint density at radius 1 is 1.10 bits per heavy atom. The lowest BCUT2D eigenvalue weighted by molar-refractivity contribution is 0.404. The van der Waals surface area contributed by atoms with Gasteiger partial charge in [0.1, 0.15) is 11.6 Å². The summed E-state index contributed by atoms with van der Waals surface area (Å²) in [6, 6.07) is 8.44. The van der Waals surface area contributed by atoms with Gasteiger partial charge in [0.05, 0.1) is 13.2 Å². The summed E-state index contributed by atoms with van der Waals surface area (Å²) in [5.41, 5.74) is 11.0. The van der Waals surface area contributed by atoms with Crippen molar-refractivity contribution < 1.29 is 9.13 Å². The van der Waals surface area contributed by atoms with Crippen molar-refractivity contribution in [2.45, 2.75) is 26.8 Å². The third-order valence-corrected chi connectivity index (χ3v) is 3.67. The van der Waals surface area contributed by atoms with Gasteiger partial charge in [-0.2, -0.15) is 0 Å². The van der Waals surface area contributed by atoms with Crippen LogP contribution in [0.4, 0.5) is 4.39 Å². The molecule has 0 radical (unpaired) electrons. The Morgan fingerprint density at radius 2 is 1.80 bits per heavy atom. The Bertz CT molecular complexity index is 617. The van der Waals surface area contributed by atoms with Gasteiger partial charge in [-0.1, -0.05) is 18.2 Å². The number of aryl methyl sites for hydroxylation is 2. The van der Waals surface area contributed by atoms with Gasteiger partial charge in [-0.15, -0.1) is 0 Å². The Morgan fingerprint density at radius 3 is 2.40 bits per heavy atom. The molecule has 0 spiro atoms. The van der Waals surface area contributed by atoms with E-state index in [1.54, 1.807) is 7.11 Å². The number of benzene rings is 2. The van der Waals surface area contributed by atoms with E-state index >= 15 is 0 Å². The first-order chi connectivity index (χ1) is 9.43. The van der Waals surface area contributed by atoms with Crippen LogP contribution in [0.1, 0.15) is 33.9 Å². The van der Waals surface area contributed by atoms with Crippen LogP contribution < -0.4 is 10.5 Å². The van der Waals surface area contributed by atoms with Crippen molar-refractivity contribution >= 4 is 0 Å². The molecule has 1 atom stereocenters. The van der Waals surface area contributed by atoms with Crippen LogP contribution in [0.3, 0.4) is 0 Å². The number of rotatable bonds is 3. The maximum Gasteiger partial charge on any atom is 0.127 e. The smallest absolute Gasteiger partial charge is 0.127 e. The molecule has 0 heterocycles. The van der Waals surface area contributed by atoms with Gasteiger partial charge in [0.25, 0.3) is 0 Å². The van der Waals surface area contributed by atoms with Crippen LogP contribution in [0, 0.1) is 26.6 Å². The van der Waals surface area contributed by atoms with E-state index in [0.717, 1.165) is 33.6 Å². The van der Waals surface area contributed by atoms with E-state index in [2.05, 4.69) is 0 Å². The maximum absolute atomic E-state index is 13.5. The Hall–Kier alpha value is -1.87. The quantitative estimate of drug-likeness (QED) is 0.923. The van der Waals surface area contributed by atoms with E-state index in [1.807, 2.05) is 39.0 Å². The average Bonchev–Trinajstić information content (AvgIpc) is 2.39. The van der Waals surface area contributed by atoms with Gasteiger partial charge < -0.3 is 10.5 Å². The predicted octanol–water partition coefficient (Wildman–Crippen LogP) is 3.81. The molecule has 0 aromatic heterocycles. The summed E-state index contributed by atoms with van der Waals surface area (Å²) in [5.74, 6) is 0.512. The second-order valence-electron chi connectivity index (χ2n) is 5.17. The molecule has 2 aromatic carbocycles. The summed E-state index contributed by atoms with van der Waals surface area (Å²) in [4.78, 5) is 0. The number of hydrogen-bond acceptors (Lipinski definition) is 2. The molecule has 20 heavy (non-hydrogen) atoms. The van der Waals surface area contributed by atoms with Gasteiger partial charge in [0.2, 0.25) is 0 Å². The summed E-state index contributed by atoms with van der Waals surface area (Å²) in [6.07, 6.45) is 0. The van der Waals surface area contributed by atoms with E-state index in [9.17, 15) is 4.39 Å². The fourth-order valence-corrected chi connectivity index (χ4v) is 2.45. The fraction of sp³-hybridized carbons (Fsp3) is 0.294. The molecule has 0 amide bonds. The lowest BCUT2D eigenvalue weighted by Crippen LogP contribution is -2.14. The maximum atomic E-state index is 13.5. The molecule has 3 heteroatoms. The lowest BCUT2D eigenvalue weighted by Gasteiger charge is -2.19. The summed E-state index contributed by atoms with van der Waals surface area (Å²) in [5, 5.41) is 0. The molecule has 2 rings (SSSR count). The molecule has 0 saturated carbocycles. The molecule has 0 aliphatic heterocycles. The minimum absolute atomic E-state index is 0.266. The van der Waals surface area contributed by atoms with Gasteiger partial charge in [-0.3, -0.25) is 0 Å². The van der Waals surface area contributed by atoms with Crippen LogP contribution in [0.15, 0.2) is 30.3 Å². The summed E-state index contributed by atoms with van der Waals surface area (Å²) in [6.45, 7) is 5.89. The van der Waals surface area contributed by atoms with Crippen molar-refractivity contribution in [3.05, 3.63) is 64.0 Å². The van der Waals surface area contributed by atoms with Crippen LogP contribution in [0.2, 0.25) is 0 Å². The Balaban J connectivity index is 2.53. The molecule has 0 aliphatic rings. The standard InChI is InChI=1S/C17H20FNO/c1-10-7-13(9-14(18)8-10)16(19)15-6-5-11(2)12(3)17(15)20-4/h5-9,16H,19H2,1-4H3. The minimum atomic E-state index is -0.404. The number of halogens is 1. The van der Waals surface area contributed by atoms with Gasteiger partial charge in [-0.25, -0.2) is 4.39 Å². The van der Waals surface area contributed by atoms with Gasteiger partial charge in [-0.05, 0) is 55.2 Å². The van der Waals surface area contributed by atoms with Crippen molar-refractivity contribution in [3.63, 3.8) is 0 Å². The molecule has 106 valence electrons. The molecular weight excluding hydrogens is 253 g/mol. The minimum Gasteiger partial charge on any atom is -0.496 e. The number of methoxy groups -OCH3 is 1. The molecule has 2 nitrogen and oxygen atoms in total. The van der Waals surface area contributed by atoms with Crippen LogP contribution >= 0.6 is 0 Å². The normalized spacial score (nSPS) is 12.3. The van der Waals surface area contributed by atoms with Crippen molar-refractivity contribution in [2.75, 3.05) is 7.11 Å². The average molecular weight is 273 g/mol. The van der Waals surface area contributed by atoms with Gasteiger partial charge >= 0.3 is 0 Å².